The molecule has 2 rings (SSSR count). The first kappa shape index (κ1) is 17.9. The van der Waals surface area contributed by atoms with Crippen molar-refractivity contribution in [3.05, 3.63) is 66.0 Å². The molecule has 0 spiro atoms. The molecule has 0 fully saturated rings. The summed E-state index contributed by atoms with van der Waals surface area (Å²) in [6.45, 7) is 1.09. The van der Waals surface area contributed by atoms with Crippen LogP contribution in [-0.4, -0.2) is 25.1 Å². The molecule has 2 aromatic rings. The number of ether oxygens (including phenoxy) is 1. The standard InChI is InChI=1S/C19H23FN2O2/c20-16-8-10-17(11-9-16)24-13-5-4-12-22-19(23)18(21)14-15-6-2-1-3-7-15/h1-3,6-11,18H,4-5,12-14,21H2,(H,22,23). The summed E-state index contributed by atoms with van der Waals surface area (Å²) in [5.41, 5.74) is 6.96. The van der Waals surface area contributed by atoms with Gasteiger partial charge >= 0.3 is 0 Å². The first-order valence-corrected chi connectivity index (χ1v) is 8.11. The van der Waals surface area contributed by atoms with E-state index in [1.165, 1.54) is 12.1 Å². The minimum Gasteiger partial charge on any atom is -0.494 e. The van der Waals surface area contributed by atoms with Gasteiger partial charge < -0.3 is 15.8 Å². The number of nitrogens with one attached hydrogen (secondary N) is 1. The van der Waals surface area contributed by atoms with E-state index in [-0.39, 0.29) is 11.7 Å². The van der Waals surface area contributed by atoms with Crippen LogP contribution in [0, 0.1) is 5.82 Å². The van der Waals surface area contributed by atoms with Crippen molar-refractivity contribution in [1.82, 2.24) is 5.32 Å². The average molecular weight is 330 g/mol. The minimum atomic E-state index is -0.539. The van der Waals surface area contributed by atoms with Crippen LogP contribution in [0.4, 0.5) is 4.39 Å². The molecule has 0 saturated heterocycles. The highest BCUT2D eigenvalue weighted by molar-refractivity contribution is 5.81. The monoisotopic (exact) mass is 330 g/mol. The predicted octanol–water partition coefficient (Wildman–Crippen LogP) is 2.67. The van der Waals surface area contributed by atoms with Crippen LogP contribution in [-0.2, 0) is 11.2 Å². The zero-order valence-corrected chi connectivity index (χ0v) is 13.6. The summed E-state index contributed by atoms with van der Waals surface area (Å²) in [6, 6.07) is 15.1. The van der Waals surface area contributed by atoms with Gasteiger partial charge in [0.15, 0.2) is 0 Å². The molecule has 0 aliphatic rings. The van der Waals surface area contributed by atoms with Crippen LogP contribution in [0.2, 0.25) is 0 Å². The van der Waals surface area contributed by atoms with E-state index < -0.39 is 6.04 Å². The average Bonchev–Trinajstić information content (AvgIpc) is 2.60. The van der Waals surface area contributed by atoms with E-state index >= 15 is 0 Å². The lowest BCUT2D eigenvalue weighted by Gasteiger charge is -2.12. The van der Waals surface area contributed by atoms with E-state index in [1.54, 1.807) is 12.1 Å². The molecule has 0 heterocycles. The third-order valence-electron chi connectivity index (χ3n) is 3.59. The third kappa shape index (κ3) is 6.38. The van der Waals surface area contributed by atoms with Crippen molar-refractivity contribution in [3.63, 3.8) is 0 Å². The highest BCUT2D eigenvalue weighted by Gasteiger charge is 2.13. The summed E-state index contributed by atoms with van der Waals surface area (Å²) in [4.78, 5) is 11.9. The Morgan fingerprint density at radius 2 is 1.79 bits per heavy atom. The zero-order valence-electron chi connectivity index (χ0n) is 13.6. The lowest BCUT2D eigenvalue weighted by molar-refractivity contribution is -0.122. The van der Waals surface area contributed by atoms with Gasteiger partial charge in [0.2, 0.25) is 5.91 Å². The first-order chi connectivity index (χ1) is 11.6. The SMILES string of the molecule is NC(Cc1ccccc1)C(=O)NCCCCOc1ccc(F)cc1. The van der Waals surface area contributed by atoms with E-state index in [9.17, 15) is 9.18 Å². The zero-order chi connectivity index (χ0) is 17.2. The van der Waals surface area contributed by atoms with Crippen LogP contribution in [0.15, 0.2) is 54.6 Å². The van der Waals surface area contributed by atoms with Crippen molar-refractivity contribution < 1.29 is 13.9 Å². The van der Waals surface area contributed by atoms with E-state index in [0.717, 1.165) is 18.4 Å². The van der Waals surface area contributed by atoms with Gasteiger partial charge in [-0.05, 0) is 49.1 Å². The summed E-state index contributed by atoms with van der Waals surface area (Å²) in [6.07, 6.45) is 2.12. The van der Waals surface area contributed by atoms with Crippen LogP contribution in [0.25, 0.3) is 0 Å². The fourth-order valence-electron chi connectivity index (χ4n) is 2.25. The maximum absolute atomic E-state index is 12.7. The van der Waals surface area contributed by atoms with Crippen molar-refractivity contribution in [2.75, 3.05) is 13.2 Å². The van der Waals surface area contributed by atoms with Crippen LogP contribution in [0.1, 0.15) is 18.4 Å². The molecule has 2 aromatic carbocycles. The molecule has 0 aromatic heterocycles. The summed E-state index contributed by atoms with van der Waals surface area (Å²) < 4.78 is 18.2. The van der Waals surface area contributed by atoms with Crippen LogP contribution >= 0.6 is 0 Å². The Hall–Kier alpha value is -2.40. The molecule has 4 nitrogen and oxygen atoms in total. The predicted molar refractivity (Wildman–Crippen MR) is 92.3 cm³/mol. The normalized spacial score (nSPS) is 11.8. The lowest BCUT2D eigenvalue weighted by Crippen LogP contribution is -2.42. The first-order valence-electron chi connectivity index (χ1n) is 8.11. The van der Waals surface area contributed by atoms with Gasteiger partial charge in [0.1, 0.15) is 11.6 Å². The number of rotatable bonds is 9. The maximum Gasteiger partial charge on any atom is 0.237 e. The largest absolute Gasteiger partial charge is 0.494 e. The summed E-state index contributed by atoms with van der Waals surface area (Å²) in [5, 5.41) is 2.84. The Kier molecular flexibility index (Phi) is 7.23. The van der Waals surface area contributed by atoms with Crippen molar-refractivity contribution in [1.29, 1.82) is 0 Å². The van der Waals surface area contributed by atoms with Crippen molar-refractivity contribution >= 4 is 5.91 Å². The Morgan fingerprint density at radius 3 is 2.50 bits per heavy atom. The molecular weight excluding hydrogens is 307 g/mol. The molecule has 0 saturated carbocycles. The lowest BCUT2D eigenvalue weighted by atomic mass is 10.1. The smallest absolute Gasteiger partial charge is 0.237 e. The van der Waals surface area contributed by atoms with Gasteiger partial charge in [-0.2, -0.15) is 0 Å². The van der Waals surface area contributed by atoms with Crippen LogP contribution < -0.4 is 15.8 Å². The topological polar surface area (TPSA) is 64.4 Å². The summed E-state index contributed by atoms with van der Waals surface area (Å²) in [7, 11) is 0. The number of carbonyl (C=O) groups is 1. The molecule has 0 bridgehead atoms. The second kappa shape index (κ2) is 9.67. The second-order valence-electron chi connectivity index (χ2n) is 5.60. The van der Waals surface area contributed by atoms with Crippen LogP contribution in [0.5, 0.6) is 5.75 Å². The molecule has 0 aliphatic heterocycles. The second-order valence-corrected chi connectivity index (χ2v) is 5.60. The van der Waals surface area contributed by atoms with E-state index in [1.807, 2.05) is 30.3 Å². The molecule has 1 amide bonds. The number of halogens is 1. The van der Waals surface area contributed by atoms with Gasteiger partial charge in [-0.1, -0.05) is 30.3 Å². The van der Waals surface area contributed by atoms with Crippen molar-refractivity contribution in [2.24, 2.45) is 5.73 Å². The Balaban J connectivity index is 1.56. The quantitative estimate of drug-likeness (QED) is 0.695. The van der Waals surface area contributed by atoms with Gasteiger partial charge in [-0.15, -0.1) is 0 Å². The van der Waals surface area contributed by atoms with Crippen LogP contribution in [0.3, 0.4) is 0 Å². The molecule has 1 atom stereocenters. The number of nitrogens with two attached hydrogens (primary N) is 1. The van der Waals surface area contributed by atoms with Gasteiger partial charge in [0.25, 0.3) is 0 Å². The highest BCUT2D eigenvalue weighted by atomic mass is 19.1. The van der Waals surface area contributed by atoms with Gasteiger partial charge in [0.05, 0.1) is 12.6 Å². The number of hydrogen-bond acceptors (Lipinski definition) is 3. The fraction of sp³-hybridized carbons (Fsp3) is 0.316. The van der Waals surface area contributed by atoms with E-state index in [0.29, 0.717) is 25.3 Å². The highest BCUT2D eigenvalue weighted by Crippen LogP contribution is 2.11. The number of benzene rings is 2. The van der Waals surface area contributed by atoms with E-state index in [4.69, 9.17) is 10.5 Å². The van der Waals surface area contributed by atoms with Crippen molar-refractivity contribution in [2.45, 2.75) is 25.3 Å². The molecule has 5 heteroatoms. The number of hydrogen-bond donors (Lipinski definition) is 2. The Bertz CT molecular complexity index is 617. The number of amides is 1. The molecule has 1 unspecified atom stereocenters. The number of unbranched alkanes of at least 4 members (excludes halogenated alkanes) is 1. The summed E-state index contributed by atoms with van der Waals surface area (Å²) in [5.74, 6) is 0.223. The third-order valence-corrected chi connectivity index (χ3v) is 3.59. The molecule has 128 valence electrons. The molecule has 24 heavy (non-hydrogen) atoms. The van der Waals surface area contributed by atoms with Gasteiger partial charge in [-0.3, -0.25) is 4.79 Å². The molecular formula is C19H23FN2O2. The van der Waals surface area contributed by atoms with Gasteiger partial charge in [-0.25, -0.2) is 4.39 Å². The van der Waals surface area contributed by atoms with E-state index in [2.05, 4.69) is 5.32 Å². The molecule has 0 aliphatic carbocycles. The summed E-state index contributed by atoms with van der Waals surface area (Å²) >= 11 is 0. The Labute approximate surface area is 141 Å². The minimum absolute atomic E-state index is 0.140. The number of carbonyl (C=O) groups excluding carboxylic acids is 1. The maximum atomic E-state index is 12.7. The molecule has 0 radical (unpaired) electrons. The van der Waals surface area contributed by atoms with Gasteiger partial charge in [0, 0.05) is 6.54 Å². The van der Waals surface area contributed by atoms with Crippen molar-refractivity contribution in [3.8, 4) is 5.75 Å². The Morgan fingerprint density at radius 1 is 1.08 bits per heavy atom. The fourth-order valence-corrected chi connectivity index (χ4v) is 2.25. The molecule has 3 N–H and O–H groups in total.